The third kappa shape index (κ3) is 3.47. The normalized spacial score (nSPS) is 18.2. The van der Waals surface area contributed by atoms with Gasteiger partial charge in [0.1, 0.15) is 0 Å². The van der Waals surface area contributed by atoms with E-state index >= 15 is 0 Å². The highest BCUT2D eigenvalue weighted by molar-refractivity contribution is 6.01. The zero-order chi connectivity index (χ0) is 17.8. The highest BCUT2D eigenvalue weighted by atomic mass is 16.5. The maximum absolute atomic E-state index is 12.6. The summed E-state index contributed by atoms with van der Waals surface area (Å²) in [5.41, 5.74) is 3.31. The van der Waals surface area contributed by atoms with Crippen molar-refractivity contribution in [3.8, 4) is 0 Å². The molecule has 1 aliphatic heterocycles. The van der Waals surface area contributed by atoms with Gasteiger partial charge < -0.3 is 15.4 Å². The number of ether oxygens (including phenoxy) is 1. The van der Waals surface area contributed by atoms with E-state index in [-0.39, 0.29) is 11.9 Å². The number of para-hydroxylation sites is 1. The molecule has 25 heavy (non-hydrogen) atoms. The number of hydrogen-bond acceptors (Lipinski definition) is 4. The third-order valence-corrected chi connectivity index (χ3v) is 4.02. The Kier molecular flexibility index (Phi) is 4.70. The zero-order valence-corrected chi connectivity index (χ0v) is 14.0. The molecule has 1 unspecified atom stereocenters. The first kappa shape index (κ1) is 16.6. The number of nitrogens with one attached hydrogen (secondary N) is 3. The standard InChI is InChI=1S/C19H19N3O3/c1-12(20-19(24)25-2)16-17(13-8-4-3-5-9-13)21-15-11-7-6-10-14(15)18(23)22-16/h3-11,17,21H,1-2H3,(H,20,24)(H,22,23)/b16-12+. The minimum absolute atomic E-state index is 0.234. The molecule has 3 N–H and O–H groups in total. The van der Waals surface area contributed by atoms with Crippen LogP contribution < -0.4 is 16.0 Å². The van der Waals surface area contributed by atoms with E-state index in [9.17, 15) is 9.59 Å². The van der Waals surface area contributed by atoms with Gasteiger partial charge in [0.2, 0.25) is 0 Å². The molecule has 128 valence electrons. The molecule has 0 saturated carbocycles. The Bertz CT molecular complexity index is 831. The Labute approximate surface area is 145 Å². The van der Waals surface area contributed by atoms with E-state index in [1.54, 1.807) is 13.0 Å². The second kappa shape index (κ2) is 7.09. The van der Waals surface area contributed by atoms with Crippen molar-refractivity contribution < 1.29 is 14.3 Å². The topological polar surface area (TPSA) is 79.5 Å². The molecule has 0 aromatic heterocycles. The minimum atomic E-state index is -0.590. The van der Waals surface area contributed by atoms with Gasteiger partial charge >= 0.3 is 6.09 Å². The van der Waals surface area contributed by atoms with E-state index in [2.05, 4.69) is 20.7 Å². The van der Waals surface area contributed by atoms with E-state index in [0.29, 0.717) is 17.0 Å². The Morgan fingerprint density at radius 3 is 2.48 bits per heavy atom. The van der Waals surface area contributed by atoms with Crippen LogP contribution >= 0.6 is 0 Å². The summed E-state index contributed by atoms with van der Waals surface area (Å²) >= 11 is 0. The molecule has 6 heteroatoms. The summed E-state index contributed by atoms with van der Waals surface area (Å²) < 4.78 is 4.66. The summed E-state index contributed by atoms with van der Waals surface area (Å²) in [6.45, 7) is 1.72. The number of alkyl carbamates (subject to hydrolysis) is 1. The van der Waals surface area contributed by atoms with E-state index in [4.69, 9.17) is 0 Å². The van der Waals surface area contributed by atoms with Crippen molar-refractivity contribution in [3.63, 3.8) is 0 Å². The summed E-state index contributed by atoms with van der Waals surface area (Å²) in [6, 6.07) is 16.7. The van der Waals surface area contributed by atoms with Gasteiger partial charge in [0, 0.05) is 11.4 Å². The van der Waals surface area contributed by atoms with Crippen LogP contribution in [-0.4, -0.2) is 19.1 Å². The van der Waals surface area contributed by atoms with Crippen molar-refractivity contribution >= 4 is 17.7 Å². The van der Waals surface area contributed by atoms with Crippen LogP contribution in [0.3, 0.4) is 0 Å². The number of carbonyl (C=O) groups excluding carboxylic acids is 2. The molecule has 0 saturated heterocycles. The van der Waals surface area contributed by atoms with Gasteiger partial charge in [0.05, 0.1) is 24.4 Å². The molecule has 1 aliphatic rings. The lowest BCUT2D eigenvalue weighted by atomic mass is 10.0. The van der Waals surface area contributed by atoms with Crippen molar-refractivity contribution in [2.75, 3.05) is 12.4 Å². The van der Waals surface area contributed by atoms with Crippen LogP contribution in [0, 0.1) is 0 Å². The average molecular weight is 337 g/mol. The van der Waals surface area contributed by atoms with Gasteiger partial charge in [-0.05, 0) is 24.6 Å². The Balaban J connectivity index is 2.10. The summed E-state index contributed by atoms with van der Waals surface area (Å²) in [7, 11) is 1.29. The monoisotopic (exact) mass is 337 g/mol. The number of anilines is 1. The van der Waals surface area contributed by atoms with E-state index in [1.807, 2.05) is 48.5 Å². The fourth-order valence-electron chi connectivity index (χ4n) is 2.77. The number of benzene rings is 2. The molecule has 2 aromatic carbocycles. The van der Waals surface area contributed by atoms with E-state index in [1.165, 1.54) is 7.11 Å². The molecule has 0 aliphatic carbocycles. The van der Waals surface area contributed by atoms with Gasteiger partial charge in [-0.2, -0.15) is 0 Å². The molecule has 3 rings (SSSR count). The lowest BCUT2D eigenvalue weighted by Crippen LogP contribution is -2.32. The Morgan fingerprint density at radius 2 is 1.76 bits per heavy atom. The van der Waals surface area contributed by atoms with Crippen LogP contribution in [-0.2, 0) is 4.74 Å². The maximum Gasteiger partial charge on any atom is 0.411 e. The summed E-state index contributed by atoms with van der Waals surface area (Å²) in [4.78, 5) is 24.2. The zero-order valence-electron chi connectivity index (χ0n) is 14.0. The molecule has 1 atom stereocenters. The van der Waals surface area contributed by atoms with Gasteiger partial charge in [0.15, 0.2) is 0 Å². The first-order valence-electron chi connectivity index (χ1n) is 7.87. The molecule has 0 fully saturated rings. The van der Waals surface area contributed by atoms with Gasteiger partial charge in [-0.3, -0.25) is 10.1 Å². The SMILES string of the molecule is COC(=O)N/C(C)=C1/NC(=O)c2ccccc2NC1c1ccccc1. The molecule has 1 heterocycles. The third-order valence-electron chi connectivity index (χ3n) is 4.02. The molecule has 2 aromatic rings. The molecular formula is C19H19N3O3. The van der Waals surface area contributed by atoms with Crippen molar-refractivity contribution in [2.45, 2.75) is 13.0 Å². The second-order valence-corrected chi connectivity index (χ2v) is 5.64. The molecular weight excluding hydrogens is 318 g/mol. The number of rotatable bonds is 2. The van der Waals surface area contributed by atoms with Crippen LogP contribution in [0.2, 0.25) is 0 Å². The summed E-state index contributed by atoms with van der Waals surface area (Å²) in [6.07, 6.45) is -0.590. The van der Waals surface area contributed by atoms with Gasteiger partial charge in [-0.15, -0.1) is 0 Å². The average Bonchev–Trinajstić information content (AvgIpc) is 2.79. The van der Waals surface area contributed by atoms with Crippen molar-refractivity contribution in [3.05, 3.63) is 77.1 Å². The highest BCUT2D eigenvalue weighted by Crippen LogP contribution is 2.31. The number of allylic oxidation sites excluding steroid dienone is 1. The van der Waals surface area contributed by atoms with Crippen LogP contribution in [0.25, 0.3) is 0 Å². The summed E-state index contributed by atoms with van der Waals surface area (Å²) in [5, 5.41) is 8.95. The molecule has 6 nitrogen and oxygen atoms in total. The predicted octanol–water partition coefficient (Wildman–Crippen LogP) is 3.17. The number of methoxy groups -OCH3 is 1. The van der Waals surface area contributed by atoms with Crippen LogP contribution in [0.1, 0.15) is 28.9 Å². The highest BCUT2D eigenvalue weighted by Gasteiger charge is 2.27. The fourth-order valence-corrected chi connectivity index (χ4v) is 2.77. The van der Waals surface area contributed by atoms with Crippen molar-refractivity contribution in [1.82, 2.24) is 10.6 Å². The van der Waals surface area contributed by atoms with Crippen LogP contribution in [0.4, 0.5) is 10.5 Å². The van der Waals surface area contributed by atoms with Crippen LogP contribution in [0.5, 0.6) is 0 Å². The summed E-state index contributed by atoms with van der Waals surface area (Å²) in [5.74, 6) is -0.234. The molecule has 0 bridgehead atoms. The molecule has 0 spiro atoms. The Hall–Kier alpha value is -3.28. The first-order valence-corrected chi connectivity index (χ1v) is 7.87. The molecule has 2 amide bonds. The van der Waals surface area contributed by atoms with E-state index < -0.39 is 6.09 Å². The van der Waals surface area contributed by atoms with Gasteiger partial charge in [-0.1, -0.05) is 42.5 Å². The number of amides is 2. The minimum Gasteiger partial charge on any atom is -0.453 e. The second-order valence-electron chi connectivity index (χ2n) is 5.64. The number of fused-ring (bicyclic) bond motifs is 1. The maximum atomic E-state index is 12.6. The van der Waals surface area contributed by atoms with Gasteiger partial charge in [0.25, 0.3) is 5.91 Å². The van der Waals surface area contributed by atoms with Crippen molar-refractivity contribution in [1.29, 1.82) is 0 Å². The largest absolute Gasteiger partial charge is 0.453 e. The smallest absolute Gasteiger partial charge is 0.411 e. The number of carbonyl (C=O) groups is 2. The van der Waals surface area contributed by atoms with E-state index in [0.717, 1.165) is 11.3 Å². The Morgan fingerprint density at radius 1 is 1.08 bits per heavy atom. The first-order chi connectivity index (χ1) is 12.1. The number of hydrogen-bond donors (Lipinski definition) is 3. The lowest BCUT2D eigenvalue weighted by Gasteiger charge is -2.23. The fraction of sp³-hybridized carbons (Fsp3) is 0.158. The predicted molar refractivity (Wildman–Crippen MR) is 95.0 cm³/mol. The van der Waals surface area contributed by atoms with Crippen molar-refractivity contribution in [2.24, 2.45) is 0 Å². The lowest BCUT2D eigenvalue weighted by molar-refractivity contribution is 0.0965. The molecule has 0 radical (unpaired) electrons. The van der Waals surface area contributed by atoms with Gasteiger partial charge in [-0.25, -0.2) is 4.79 Å². The quantitative estimate of drug-likeness (QED) is 0.786. The van der Waals surface area contributed by atoms with Crippen LogP contribution in [0.15, 0.2) is 66.0 Å².